The Morgan fingerprint density at radius 1 is 1.38 bits per heavy atom. The molecule has 1 amide bonds. The van der Waals surface area contributed by atoms with Gasteiger partial charge in [-0.15, -0.1) is 11.3 Å². The minimum atomic E-state index is -0.520. The highest BCUT2D eigenvalue weighted by atomic mass is 32.2. The van der Waals surface area contributed by atoms with E-state index in [1.54, 1.807) is 30.5 Å². The molecule has 0 radical (unpaired) electrons. The SMILES string of the molecule is COC(=O)C(CNC(=O)c1ccccc1)Sc1nccs1. The number of hydrogen-bond acceptors (Lipinski definition) is 6. The second-order valence-electron chi connectivity index (χ2n) is 4.00. The van der Waals surface area contributed by atoms with Gasteiger partial charge in [-0.05, 0) is 12.1 Å². The number of nitrogens with one attached hydrogen (secondary N) is 1. The molecule has 0 saturated carbocycles. The third kappa shape index (κ3) is 4.57. The lowest BCUT2D eigenvalue weighted by Crippen LogP contribution is -2.35. The van der Waals surface area contributed by atoms with Crippen LogP contribution in [-0.2, 0) is 9.53 Å². The van der Waals surface area contributed by atoms with E-state index < -0.39 is 5.25 Å². The van der Waals surface area contributed by atoms with Crippen LogP contribution in [0.3, 0.4) is 0 Å². The maximum atomic E-state index is 12.0. The van der Waals surface area contributed by atoms with E-state index in [1.807, 2.05) is 11.4 Å². The number of amides is 1. The summed E-state index contributed by atoms with van der Waals surface area (Å²) in [4.78, 5) is 27.9. The Morgan fingerprint density at radius 2 is 2.14 bits per heavy atom. The van der Waals surface area contributed by atoms with Gasteiger partial charge in [0.15, 0.2) is 4.34 Å². The molecule has 1 heterocycles. The van der Waals surface area contributed by atoms with E-state index in [-0.39, 0.29) is 18.4 Å². The normalized spacial score (nSPS) is 11.7. The first-order chi connectivity index (χ1) is 10.2. The number of nitrogens with zero attached hydrogens (tertiary/aromatic N) is 1. The van der Waals surface area contributed by atoms with E-state index in [4.69, 9.17) is 4.74 Å². The monoisotopic (exact) mass is 322 g/mol. The number of hydrogen-bond donors (Lipinski definition) is 1. The first kappa shape index (κ1) is 15.5. The standard InChI is InChI=1S/C14H14N2O3S2/c1-19-13(18)11(21-14-15-7-8-20-14)9-16-12(17)10-5-3-2-4-6-10/h2-8,11H,9H2,1H3,(H,16,17). The molecule has 2 aromatic rings. The van der Waals surface area contributed by atoms with Crippen LogP contribution in [0.25, 0.3) is 0 Å². The molecule has 0 spiro atoms. The molecular formula is C14H14N2O3S2. The zero-order valence-corrected chi connectivity index (χ0v) is 12.9. The van der Waals surface area contributed by atoms with E-state index in [0.29, 0.717) is 5.56 Å². The molecule has 0 fully saturated rings. The summed E-state index contributed by atoms with van der Waals surface area (Å²) < 4.78 is 5.53. The fraction of sp³-hybridized carbons (Fsp3) is 0.214. The molecule has 1 atom stereocenters. The van der Waals surface area contributed by atoms with Gasteiger partial charge in [-0.1, -0.05) is 30.0 Å². The van der Waals surface area contributed by atoms with Crippen LogP contribution < -0.4 is 5.32 Å². The van der Waals surface area contributed by atoms with Crippen molar-refractivity contribution in [3.8, 4) is 0 Å². The number of benzene rings is 1. The predicted octanol–water partition coefficient (Wildman–Crippen LogP) is 2.21. The minimum absolute atomic E-state index is 0.185. The number of esters is 1. The molecule has 0 bridgehead atoms. The fourth-order valence-corrected chi connectivity index (χ4v) is 3.39. The van der Waals surface area contributed by atoms with Gasteiger partial charge in [-0.2, -0.15) is 0 Å². The summed E-state index contributed by atoms with van der Waals surface area (Å²) in [6.45, 7) is 0.185. The maximum Gasteiger partial charge on any atom is 0.321 e. The first-order valence-corrected chi connectivity index (χ1v) is 7.94. The van der Waals surface area contributed by atoms with E-state index >= 15 is 0 Å². The first-order valence-electron chi connectivity index (χ1n) is 6.18. The van der Waals surface area contributed by atoms with Gasteiger partial charge in [-0.25, -0.2) is 4.98 Å². The van der Waals surface area contributed by atoms with Crippen molar-refractivity contribution < 1.29 is 14.3 Å². The van der Waals surface area contributed by atoms with Crippen molar-refractivity contribution in [2.75, 3.05) is 13.7 Å². The Kier molecular flexibility index (Phi) is 5.77. The molecule has 7 heteroatoms. The lowest BCUT2D eigenvalue weighted by molar-refractivity contribution is -0.139. The maximum absolute atomic E-state index is 12.0. The van der Waals surface area contributed by atoms with Crippen LogP contribution in [0.1, 0.15) is 10.4 Å². The number of ether oxygens (including phenoxy) is 1. The number of carbonyl (C=O) groups excluding carboxylic acids is 2. The Bertz CT molecular complexity index is 588. The Balaban J connectivity index is 1.96. The van der Waals surface area contributed by atoms with Gasteiger partial charge in [0.2, 0.25) is 0 Å². The summed E-state index contributed by atoms with van der Waals surface area (Å²) in [5.41, 5.74) is 0.556. The zero-order valence-electron chi connectivity index (χ0n) is 11.3. The highest BCUT2D eigenvalue weighted by Gasteiger charge is 2.22. The van der Waals surface area contributed by atoms with Crippen LogP contribution in [0.4, 0.5) is 0 Å². The highest BCUT2D eigenvalue weighted by Crippen LogP contribution is 2.25. The van der Waals surface area contributed by atoms with Crippen molar-refractivity contribution in [2.24, 2.45) is 0 Å². The van der Waals surface area contributed by atoms with Crippen LogP contribution in [0.5, 0.6) is 0 Å². The van der Waals surface area contributed by atoms with Gasteiger partial charge < -0.3 is 10.1 Å². The van der Waals surface area contributed by atoms with Gasteiger partial charge in [0.25, 0.3) is 5.91 Å². The third-order valence-electron chi connectivity index (χ3n) is 2.60. The van der Waals surface area contributed by atoms with E-state index in [2.05, 4.69) is 10.3 Å². The Hall–Kier alpha value is -1.86. The van der Waals surface area contributed by atoms with Gasteiger partial charge in [-0.3, -0.25) is 9.59 Å². The van der Waals surface area contributed by atoms with Gasteiger partial charge in [0.1, 0.15) is 5.25 Å². The summed E-state index contributed by atoms with van der Waals surface area (Å²) in [5, 5.41) is 4.06. The van der Waals surface area contributed by atoms with Crippen LogP contribution >= 0.6 is 23.1 Å². The lowest BCUT2D eigenvalue weighted by atomic mass is 10.2. The molecule has 1 unspecified atom stereocenters. The highest BCUT2D eigenvalue weighted by molar-refractivity contribution is 8.02. The van der Waals surface area contributed by atoms with Crippen molar-refractivity contribution in [1.82, 2.24) is 10.3 Å². The average molecular weight is 322 g/mol. The summed E-state index contributed by atoms with van der Waals surface area (Å²) >= 11 is 2.72. The number of thiazole rings is 1. The molecule has 1 aromatic carbocycles. The second kappa shape index (κ2) is 7.80. The van der Waals surface area contributed by atoms with Crippen LogP contribution in [-0.4, -0.2) is 35.8 Å². The Morgan fingerprint density at radius 3 is 2.76 bits per heavy atom. The molecule has 0 aliphatic heterocycles. The van der Waals surface area contributed by atoms with E-state index in [9.17, 15) is 9.59 Å². The Labute approximate surface area is 130 Å². The molecule has 0 saturated heterocycles. The number of methoxy groups -OCH3 is 1. The van der Waals surface area contributed by atoms with Gasteiger partial charge in [0, 0.05) is 23.7 Å². The largest absolute Gasteiger partial charge is 0.468 e. The quantitative estimate of drug-likeness (QED) is 0.652. The molecule has 2 rings (SSSR count). The summed E-state index contributed by atoms with van der Waals surface area (Å²) in [5.74, 6) is -0.604. The number of rotatable bonds is 6. The van der Waals surface area contributed by atoms with Gasteiger partial charge in [0.05, 0.1) is 7.11 Å². The van der Waals surface area contributed by atoms with Crippen molar-refractivity contribution >= 4 is 35.0 Å². The number of aromatic nitrogens is 1. The minimum Gasteiger partial charge on any atom is -0.468 e. The topological polar surface area (TPSA) is 68.3 Å². The van der Waals surface area contributed by atoms with Crippen molar-refractivity contribution in [1.29, 1.82) is 0 Å². The van der Waals surface area contributed by atoms with E-state index in [1.165, 1.54) is 30.2 Å². The van der Waals surface area contributed by atoms with Crippen LogP contribution in [0.15, 0.2) is 46.2 Å². The molecule has 5 nitrogen and oxygen atoms in total. The number of thioether (sulfide) groups is 1. The van der Waals surface area contributed by atoms with Crippen molar-refractivity contribution in [2.45, 2.75) is 9.59 Å². The van der Waals surface area contributed by atoms with Crippen LogP contribution in [0.2, 0.25) is 0 Å². The summed E-state index contributed by atoms with van der Waals surface area (Å²) in [6, 6.07) is 8.85. The van der Waals surface area contributed by atoms with Crippen LogP contribution in [0, 0.1) is 0 Å². The summed E-state index contributed by atoms with van der Waals surface area (Å²) in [6.07, 6.45) is 1.67. The number of carbonyl (C=O) groups is 2. The predicted molar refractivity (Wildman–Crippen MR) is 82.6 cm³/mol. The molecular weight excluding hydrogens is 308 g/mol. The van der Waals surface area contributed by atoms with Gasteiger partial charge >= 0.3 is 5.97 Å². The second-order valence-corrected chi connectivity index (χ2v) is 6.35. The fourth-order valence-electron chi connectivity index (χ4n) is 1.57. The molecule has 0 aliphatic rings. The molecule has 1 aromatic heterocycles. The van der Waals surface area contributed by atoms with Crippen molar-refractivity contribution in [3.63, 3.8) is 0 Å². The summed E-state index contributed by atoms with van der Waals surface area (Å²) in [7, 11) is 1.33. The smallest absolute Gasteiger partial charge is 0.321 e. The molecule has 0 aliphatic carbocycles. The molecule has 21 heavy (non-hydrogen) atoms. The van der Waals surface area contributed by atoms with Crippen molar-refractivity contribution in [3.05, 3.63) is 47.5 Å². The average Bonchev–Trinajstić information content (AvgIpc) is 3.04. The third-order valence-corrected chi connectivity index (χ3v) is 4.69. The zero-order chi connectivity index (χ0) is 15.1. The molecule has 1 N–H and O–H groups in total. The van der Waals surface area contributed by atoms with E-state index in [0.717, 1.165) is 4.34 Å². The lowest BCUT2D eigenvalue weighted by Gasteiger charge is -2.13. The molecule has 110 valence electrons.